The molecule has 3 aromatic carbocycles. The summed E-state index contributed by atoms with van der Waals surface area (Å²) >= 11 is 7.02. The second-order valence-corrected chi connectivity index (χ2v) is 8.42. The summed E-state index contributed by atoms with van der Waals surface area (Å²) in [4.78, 5) is 9.37. The van der Waals surface area contributed by atoms with Gasteiger partial charge in [0.25, 0.3) is 0 Å². The fourth-order valence-corrected chi connectivity index (χ4v) is 4.12. The molecule has 0 fully saturated rings. The molecule has 2 nitrogen and oxygen atoms in total. The van der Waals surface area contributed by atoms with Crippen LogP contribution < -0.4 is 0 Å². The normalized spacial score (nSPS) is 11.2. The molecule has 0 amide bonds. The standard InChI is InChI=1S/C24H14Br2N2/c25-17-5-1-15(2-6-17)19-11-13-27-23-21(19)9-10-22-20(12-14-28-24(22)23)16-3-7-18(26)8-4-16/h1-14H. The Labute approximate surface area is 179 Å². The van der Waals surface area contributed by atoms with Crippen molar-refractivity contribution in [3.05, 3.63) is 94.1 Å². The molecule has 5 rings (SSSR count). The Bertz CT molecular complexity index is 1210. The highest BCUT2D eigenvalue weighted by molar-refractivity contribution is 9.10. The number of pyridine rings is 2. The number of hydrogen-bond acceptors (Lipinski definition) is 2. The van der Waals surface area contributed by atoms with Gasteiger partial charge in [-0.3, -0.25) is 9.97 Å². The van der Waals surface area contributed by atoms with Crippen LogP contribution in [0.5, 0.6) is 0 Å². The zero-order valence-electron chi connectivity index (χ0n) is 14.7. The van der Waals surface area contributed by atoms with Crippen molar-refractivity contribution in [2.75, 3.05) is 0 Å². The molecule has 0 aliphatic heterocycles. The van der Waals surface area contributed by atoms with Gasteiger partial charge in [0.15, 0.2) is 0 Å². The van der Waals surface area contributed by atoms with Crippen LogP contribution in [-0.4, -0.2) is 9.97 Å². The van der Waals surface area contributed by atoms with Crippen molar-refractivity contribution in [3.8, 4) is 22.3 Å². The number of hydrogen-bond donors (Lipinski definition) is 0. The predicted octanol–water partition coefficient (Wildman–Crippen LogP) is 7.64. The average molecular weight is 490 g/mol. The maximum Gasteiger partial charge on any atom is 0.0970 e. The van der Waals surface area contributed by atoms with E-state index in [1.807, 2.05) is 12.4 Å². The number of aromatic nitrogens is 2. The molecule has 28 heavy (non-hydrogen) atoms. The van der Waals surface area contributed by atoms with E-state index in [2.05, 4.69) is 115 Å². The van der Waals surface area contributed by atoms with Crippen LogP contribution in [0.2, 0.25) is 0 Å². The van der Waals surface area contributed by atoms with Gasteiger partial charge < -0.3 is 0 Å². The van der Waals surface area contributed by atoms with Crippen molar-refractivity contribution in [2.24, 2.45) is 0 Å². The number of halogens is 2. The van der Waals surface area contributed by atoms with E-state index in [4.69, 9.17) is 0 Å². The van der Waals surface area contributed by atoms with E-state index in [1.54, 1.807) is 0 Å². The molecule has 4 heteroatoms. The third-order valence-electron chi connectivity index (χ3n) is 4.93. The molecule has 0 bridgehead atoms. The Morgan fingerprint density at radius 1 is 0.464 bits per heavy atom. The Hall–Kier alpha value is -2.56. The Kier molecular flexibility index (Phi) is 4.46. The molecular formula is C24H14Br2N2. The fourth-order valence-electron chi connectivity index (χ4n) is 3.59. The lowest BCUT2D eigenvalue weighted by atomic mass is 9.97. The maximum atomic E-state index is 4.68. The van der Waals surface area contributed by atoms with Crippen molar-refractivity contribution < 1.29 is 0 Å². The van der Waals surface area contributed by atoms with Gasteiger partial charge in [-0.1, -0.05) is 68.3 Å². The van der Waals surface area contributed by atoms with Crippen LogP contribution in [0.15, 0.2) is 94.1 Å². The zero-order chi connectivity index (χ0) is 19.1. The number of fused-ring (bicyclic) bond motifs is 3. The fraction of sp³-hybridized carbons (Fsp3) is 0. The molecule has 0 saturated carbocycles. The van der Waals surface area contributed by atoms with Crippen LogP contribution in [0.4, 0.5) is 0 Å². The van der Waals surface area contributed by atoms with Crippen LogP contribution in [0.25, 0.3) is 44.1 Å². The topological polar surface area (TPSA) is 25.8 Å². The minimum Gasteiger partial charge on any atom is -0.254 e. The van der Waals surface area contributed by atoms with E-state index in [0.29, 0.717) is 0 Å². The highest BCUT2D eigenvalue weighted by atomic mass is 79.9. The van der Waals surface area contributed by atoms with Gasteiger partial charge in [-0.15, -0.1) is 0 Å². The van der Waals surface area contributed by atoms with E-state index in [0.717, 1.165) is 41.9 Å². The maximum absolute atomic E-state index is 4.68. The lowest BCUT2D eigenvalue weighted by Crippen LogP contribution is -1.90. The molecule has 0 aliphatic carbocycles. The van der Waals surface area contributed by atoms with Gasteiger partial charge in [-0.2, -0.15) is 0 Å². The smallest absolute Gasteiger partial charge is 0.0970 e. The molecule has 2 heterocycles. The van der Waals surface area contributed by atoms with Gasteiger partial charge in [0.2, 0.25) is 0 Å². The first kappa shape index (κ1) is 17.5. The molecule has 0 N–H and O–H groups in total. The quantitative estimate of drug-likeness (QED) is 0.238. The van der Waals surface area contributed by atoms with E-state index in [9.17, 15) is 0 Å². The lowest BCUT2D eigenvalue weighted by Gasteiger charge is -2.11. The predicted molar refractivity (Wildman–Crippen MR) is 123 cm³/mol. The summed E-state index contributed by atoms with van der Waals surface area (Å²) in [6, 6.07) is 25.2. The summed E-state index contributed by atoms with van der Waals surface area (Å²) in [5.74, 6) is 0. The van der Waals surface area contributed by atoms with Crippen molar-refractivity contribution in [3.63, 3.8) is 0 Å². The zero-order valence-corrected chi connectivity index (χ0v) is 17.9. The Balaban J connectivity index is 1.77. The molecule has 0 unspecified atom stereocenters. The van der Waals surface area contributed by atoms with E-state index in [-0.39, 0.29) is 0 Å². The Morgan fingerprint density at radius 3 is 1.25 bits per heavy atom. The van der Waals surface area contributed by atoms with Gasteiger partial charge >= 0.3 is 0 Å². The molecule has 0 atom stereocenters. The molecular weight excluding hydrogens is 476 g/mol. The second kappa shape index (κ2) is 7.12. The van der Waals surface area contributed by atoms with Crippen molar-refractivity contribution >= 4 is 53.7 Å². The van der Waals surface area contributed by atoms with Crippen LogP contribution in [0, 0.1) is 0 Å². The first-order chi connectivity index (χ1) is 13.7. The average Bonchev–Trinajstić information content (AvgIpc) is 2.74. The van der Waals surface area contributed by atoms with Gasteiger partial charge in [0.05, 0.1) is 11.0 Å². The summed E-state index contributed by atoms with van der Waals surface area (Å²) in [6.07, 6.45) is 3.74. The first-order valence-corrected chi connectivity index (χ1v) is 10.5. The molecule has 0 spiro atoms. The number of rotatable bonds is 2. The highest BCUT2D eigenvalue weighted by Crippen LogP contribution is 2.35. The Morgan fingerprint density at radius 2 is 0.857 bits per heavy atom. The van der Waals surface area contributed by atoms with Crippen molar-refractivity contribution in [1.29, 1.82) is 0 Å². The minimum absolute atomic E-state index is 0.928. The van der Waals surface area contributed by atoms with Gasteiger partial charge in [-0.05, 0) is 58.7 Å². The summed E-state index contributed by atoms with van der Waals surface area (Å²) in [6.45, 7) is 0. The van der Waals surface area contributed by atoms with Crippen molar-refractivity contribution in [2.45, 2.75) is 0 Å². The van der Waals surface area contributed by atoms with Crippen LogP contribution in [-0.2, 0) is 0 Å². The molecule has 134 valence electrons. The third-order valence-corrected chi connectivity index (χ3v) is 5.99. The van der Waals surface area contributed by atoms with Gasteiger partial charge in [0.1, 0.15) is 0 Å². The summed E-state index contributed by atoms with van der Waals surface area (Å²) in [7, 11) is 0. The van der Waals surface area contributed by atoms with Gasteiger partial charge in [0, 0.05) is 32.1 Å². The molecule has 0 aliphatic rings. The van der Waals surface area contributed by atoms with Crippen molar-refractivity contribution in [1.82, 2.24) is 9.97 Å². The monoisotopic (exact) mass is 488 g/mol. The van der Waals surface area contributed by atoms with Crippen LogP contribution in [0.1, 0.15) is 0 Å². The van der Waals surface area contributed by atoms with E-state index >= 15 is 0 Å². The molecule has 0 radical (unpaired) electrons. The van der Waals surface area contributed by atoms with Crippen LogP contribution in [0.3, 0.4) is 0 Å². The largest absolute Gasteiger partial charge is 0.254 e. The lowest BCUT2D eigenvalue weighted by molar-refractivity contribution is 1.37. The van der Waals surface area contributed by atoms with Crippen LogP contribution >= 0.6 is 31.9 Å². The van der Waals surface area contributed by atoms with E-state index in [1.165, 1.54) is 11.1 Å². The number of nitrogens with zero attached hydrogens (tertiary/aromatic N) is 2. The highest BCUT2D eigenvalue weighted by Gasteiger charge is 2.12. The molecule has 5 aromatic rings. The number of benzene rings is 3. The summed E-state index contributed by atoms with van der Waals surface area (Å²) in [5, 5.41) is 2.22. The SMILES string of the molecule is Brc1ccc(-c2ccnc3c2ccc2c(-c4ccc(Br)cc4)ccnc23)cc1. The molecule has 2 aromatic heterocycles. The summed E-state index contributed by atoms with van der Waals surface area (Å²) in [5.41, 5.74) is 6.51. The minimum atomic E-state index is 0.928. The second-order valence-electron chi connectivity index (χ2n) is 6.59. The third kappa shape index (κ3) is 3.03. The molecule has 0 saturated heterocycles. The first-order valence-electron chi connectivity index (χ1n) is 8.89. The van der Waals surface area contributed by atoms with Gasteiger partial charge in [-0.25, -0.2) is 0 Å². The summed E-state index contributed by atoms with van der Waals surface area (Å²) < 4.78 is 2.14. The van der Waals surface area contributed by atoms with E-state index < -0.39 is 0 Å².